The molecule has 1 saturated heterocycles. The largest absolute Gasteiger partial charge is 0.360 e. The minimum Gasteiger partial charge on any atom is -0.360 e. The van der Waals surface area contributed by atoms with Crippen LogP contribution in [0.5, 0.6) is 0 Å². The summed E-state index contributed by atoms with van der Waals surface area (Å²) < 4.78 is 18.2. The Labute approximate surface area is 149 Å². The number of halogens is 1. The minimum absolute atomic E-state index is 0.167. The number of piperazine rings is 1. The van der Waals surface area contributed by atoms with Gasteiger partial charge in [-0.1, -0.05) is 5.16 Å². The smallest absolute Gasteiger partial charge is 0.321 e. The van der Waals surface area contributed by atoms with Gasteiger partial charge in [0.25, 0.3) is 5.91 Å². The van der Waals surface area contributed by atoms with Crippen LogP contribution in [0, 0.1) is 5.82 Å². The molecule has 0 unspecified atom stereocenters. The van der Waals surface area contributed by atoms with Crippen molar-refractivity contribution in [3.05, 3.63) is 47.6 Å². The molecule has 2 aliphatic rings. The van der Waals surface area contributed by atoms with Crippen molar-refractivity contribution in [1.29, 1.82) is 0 Å². The quantitative estimate of drug-likeness (QED) is 0.915. The lowest BCUT2D eigenvalue weighted by Crippen LogP contribution is -2.51. The molecule has 1 aliphatic heterocycles. The maximum Gasteiger partial charge on any atom is 0.321 e. The van der Waals surface area contributed by atoms with E-state index in [-0.39, 0.29) is 17.8 Å². The zero-order chi connectivity index (χ0) is 18.1. The van der Waals surface area contributed by atoms with Crippen molar-refractivity contribution in [2.45, 2.75) is 18.8 Å². The summed E-state index contributed by atoms with van der Waals surface area (Å²) in [6, 6.07) is 7.07. The molecule has 2 heterocycles. The van der Waals surface area contributed by atoms with Gasteiger partial charge in [0, 0.05) is 43.9 Å². The first-order valence-electron chi connectivity index (χ1n) is 8.67. The van der Waals surface area contributed by atoms with Crippen LogP contribution in [0.25, 0.3) is 0 Å². The Bertz CT molecular complexity index is 808. The fraction of sp³-hybridized carbons (Fsp3) is 0.389. The van der Waals surface area contributed by atoms with Crippen LogP contribution in [0.1, 0.15) is 35.0 Å². The van der Waals surface area contributed by atoms with Gasteiger partial charge in [-0.2, -0.15) is 0 Å². The molecule has 1 aromatic carbocycles. The molecule has 2 fully saturated rings. The first-order valence-corrected chi connectivity index (χ1v) is 8.67. The first kappa shape index (κ1) is 16.6. The van der Waals surface area contributed by atoms with E-state index < -0.39 is 0 Å². The van der Waals surface area contributed by atoms with Gasteiger partial charge in [0.05, 0.1) is 0 Å². The van der Waals surface area contributed by atoms with Crippen LogP contribution in [-0.4, -0.2) is 53.1 Å². The van der Waals surface area contributed by atoms with Crippen molar-refractivity contribution < 1.29 is 18.5 Å². The van der Waals surface area contributed by atoms with E-state index in [0.29, 0.717) is 43.5 Å². The van der Waals surface area contributed by atoms with E-state index in [2.05, 4.69) is 10.5 Å². The van der Waals surface area contributed by atoms with Gasteiger partial charge in [0.2, 0.25) is 0 Å². The topological polar surface area (TPSA) is 78.7 Å². The number of carbonyl (C=O) groups excluding carboxylic acids is 2. The molecule has 0 spiro atoms. The Morgan fingerprint density at radius 3 is 2.38 bits per heavy atom. The Balaban J connectivity index is 1.30. The number of nitrogens with zero attached hydrogens (tertiary/aromatic N) is 3. The third kappa shape index (κ3) is 3.54. The lowest BCUT2D eigenvalue weighted by molar-refractivity contribution is 0.0661. The van der Waals surface area contributed by atoms with E-state index in [1.807, 2.05) is 0 Å². The van der Waals surface area contributed by atoms with Crippen molar-refractivity contribution in [2.24, 2.45) is 0 Å². The van der Waals surface area contributed by atoms with Gasteiger partial charge in [0.15, 0.2) is 5.69 Å². The summed E-state index contributed by atoms with van der Waals surface area (Å²) >= 11 is 0. The number of carbonyl (C=O) groups is 2. The number of rotatable bonds is 3. The van der Waals surface area contributed by atoms with Gasteiger partial charge in [-0.15, -0.1) is 0 Å². The monoisotopic (exact) mass is 358 g/mol. The molecule has 0 atom stereocenters. The zero-order valence-electron chi connectivity index (χ0n) is 14.2. The van der Waals surface area contributed by atoms with Gasteiger partial charge in [0.1, 0.15) is 11.6 Å². The number of hydrogen-bond acceptors (Lipinski definition) is 4. The molecule has 0 bridgehead atoms. The predicted molar refractivity (Wildman–Crippen MR) is 91.4 cm³/mol. The van der Waals surface area contributed by atoms with Crippen LogP contribution in [0.2, 0.25) is 0 Å². The van der Waals surface area contributed by atoms with Crippen molar-refractivity contribution in [3.8, 4) is 0 Å². The van der Waals surface area contributed by atoms with Gasteiger partial charge in [-0.3, -0.25) is 4.79 Å². The standard InChI is InChI=1S/C18H19FN4O3/c19-13-3-5-14(6-4-13)20-18(25)23-9-7-22(8-10-23)17(24)15-11-16(26-21-15)12-1-2-12/h3-6,11-12H,1-2,7-10H2,(H,20,25). The molecule has 1 aliphatic carbocycles. The second-order valence-corrected chi connectivity index (χ2v) is 6.61. The van der Waals surface area contributed by atoms with E-state index >= 15 is 0 Å². The average molecular weight is 358 g/mol. The summed E-state index contributed by atoms with van der Waals surface area (Å²) in [4.78, 5) is 28.1. The molecule has 1 saturated carbocycles. The van der Waals surface area contributed by atoms with Crippen LogP contribution in [0.15, 0.2) is 34.9 Å². The molecule has 1 aromatic heterocycles. The number of anilines is 1. The zero-order valence-corrected chi connectivity index (χ0v) is 14.2. The third-order valence-electron chi connectivity index (χ3n) is 4.68. The number of aromatic nitrogens is 1. The highest BCUT2D eigenvalue weighted by atomic mass is 19.1. The number of amides is 3. The van der Waals surface area contributed by atoms with E-state index in [1.54, 1.807) is 15.9 Å². The Hall–Kier alpha value is -2.90. The maximum absolute atomic E-state index is 12.9. The van der Waals surface area contributed by atoms with Gasteiger partial charge in [-0.25, -0.2) is 9.18 Å². The van der Waals surface area contributed by atoms with Gasteiger partial charge < -0.3 is 19.6 Å². The van der Waals surface area contributed by atoms with Gasteiger partial charge >= 0.3 is 6.03 Å². The van der Waals surface area contributed by atoms with Crippen LogP contribution < -0.4 is 5.32 Å². The van der Waals surface area contributed by atoms with Crippen molar-refractivity contribution in [2.75, 3.05) is 31.5 Å². The summed E-state index contributed by atoms with van der Waals surface area (Å²) in [7, 11) is 0. The molecule has 3 amide bonds. The molecule has 2 aromatic rings. The normalized spacial score (nSPS) is 17.3. The molecule has 4 rings (SSSR count). The summed E-state index contributed by atoms with van der Waals surface area (Å²) in [5, 5.41) is 6.61. The molecule has 0 radical (unpaired) electrons. The summed E-state index contributed by atoms with van der Waals surface area (Å²) in [6.07, 6.45) is 2.18. The lowest BCUT2D eigenvalue weighted by atomic mass is 10.2. The highest BCUT2D eigenvalue weighted by molar-refractivity contribution is 5.93. The van der Waals surface area contributed by atoms with E-state index in [0.717, 1.165) is 18.6 Å². The van der Waals surface area contributed by atoms with Crippen LogP contribution in [0.4, 0.5) is 14.9 Å². The third-order valence-corrected chi connectivity index (χ3v) is 4.68. The SMILES string of the molecule is O=C(Nc1ccc(F)cc1)N1CCN(C(=O)c2cc(C3CC3)on2)CC1. The fourth-order valence-corrected chi connectivity index (χ4v) is 2.96. The van der Waals surface area contributed by atoms with Crippen molar-refractivity contribution in [3.63, 3.8) is 0 Å². The molecule has 1 N–H and O–H groups in total. The first-order chi connectivity index (χ1) is 12.6. The fourth-order valence-electron chi connectivity index (χ4n) is 2.96. The Morgan fingerprint density at radius 2 is 1.73 bits per heavy atom. The summed E-state index contributed by atoms with van der Waals surface area (Å²) in [6.45, 7) is 1.71. The molecule has 7 nitrogen and oxygen atoms in total. The van der Waals surface area contributed by atoms with E-state index in [4.69, 9.17) is 4.52 Å². The van der Waals surface area contributed by atoms with E-state index in [9.17, 15) is 14.0 Å². The number of nitrogens with one attached hydrogen (secondary N) is 1. The Morgan fingerprint density at radius 1 is 1.08 bits per heavy atom. The summed E-state index contributed by atoms with van der Waals surface area (Å²) in [5.74, 6) is 0.675. The average Bonchev–Trinajstić information content (AvgIpc) is 3.40. The van der Waals surface area contributed by atoms with E-state index in [1.165, 1.54) is 24.3 Å². The Kier molecular flexibility index (Phi) is 4.32. The van der Waals surface area contributed by atoms with Crippen LogP contribution >= 0.6 is 0 Å². The van der Waals surface area contributed by atoms with Crippen LogP contribution in [0.3, 0.4) is 0 Å². The number of urea groups is 1. The summed E-state index contributed by atoms with van der Waals surface area (Å²) in [5.41, 5.74) is 0.862. The van der Waals surface area contributed by atoms with Crippen LogP contribution in [-0.2, 0) is 0 Å². The molecule has 8 heteroatoms. The maximum atomic E-state index is 12.9. The second-order valence-electron chi connectivity index (χ2n) is 6.61. The second kappa shape index (κ2) is 6.78. The van der Waals surface area contributed by atoms with Crippen molar-refractivity contribution >= 4 is 17.6 Å². The van der Waals surface area contributed by atoms with Gasteiger partial charge in [-0.05, 0) is 37.1 Å². The molecular weight excluding hydrogens is 339 g/mol. The molecular formula is C18H19FN4O3. The number of hydrogen-bond donors (Lipinski definition) is 1. The molecule has 26 heavy (non-hydrogen) atoms. The predicted octanol–water partition coefficient (Wildman–Crippen LogP) is 2.68. The highest BCUT2D eigenvalue weighted by Crippen LogP contribution is 2.40. The molecule has 136 valence electrons. The lowest BCUT2D eigenvalue weighted by Gasteiger charge is -2.34. The van der Waals surface area contributed by atoms with Crippen molar-refractivity contribution in [1.82, 2.24) is 15.0 Å². The highest BCUT2D eigenvalue weighted by Gasteiger charge is 2.31. The number of benzene rings is 1. The minimum atomic E-state index is -0.354.